The van der Waals surface area contributed by atoms with Gasteiger partial charge in [0.15, 0.2) is 0 Å². The van der Waals surface area contributed by atoms with Gasteiger partial charge in [-0.2, -0.15) is 5.26 Å². The number of ether oxygens (including phenoxy) is 1. The SMILES string of the molecule is CCOC(=O)c1nnc(Sc2nc(C)ccc2C#N)o1. The number of pyridine rings is 1. The van der Waals surface area contributed by atoms with Gasteiger partial charge < -0.3 is 9.15 Å². The molecule has 0 saturated heterocycles. The average Bonchev–Trinajstić information content (AvgIpc) is 2.88. The van der Waals surface area contributed by atoms with Crippen molar-refractivity contribution in [2.45, 2.75) is 24.1 Å². The maximum atomic E-state index is 11.4. The van der Waals surface area contributed by atoms with Gasteiger partial charge in [0, 0.05) is 5.69 Å². The average molecular weight is 290 g/mol. The van der Waals surface area contributed by atoms with E-state index in [0.29, 0.717) is 10.6 Å². The maximum absolute atomic E-state index is 11.4. The van der Waals surface area contributed by atoms with E-state index in [-0.39, 0.29) is 17.7 Å². The molecule has 0 amide bonds. The van der Waals surface area contributed by atoms with Crippen LogP contribution in [0.25, 0.3) is 0 Å². The van der Waals surface area contributed by atoms with Gasteiger partial charge in [0.1, 0.15) is 11.1 Å². The summed E-state index contributed by atoms with van der Waals surface area (Å²) in [4.78, 5) is 15.6. The minimum absolute atomic E-state index is 0.127. The fraction of sp³-hybridized carbons (Fsp3) is 0.250. The summed E-state index contributed by atoms with van der Waals surface area (Å²) in [6.45, 7) is 3.71. The topological polar surface area (TPSA) is 102 Å². The monoisotopic (exact) mass is 290 g/mol. The van der Waals surface area contributed by atoms with Crippen molar-refractivity contribution < 1.29 is 13.9 Å². The van der Waals surface area contributed by atoms with Crippen molar-refractivity contribution in [3.63, 3.8) is 0 Å². The molecule has 0 aliphatic rings. The lowest BCUT2D eigenvalue weighted by molar-refractivity contribution is 0.0475. The van der Waals surface area contributed by atoms with Crippen LogP contribution in [0.3, 0.4) is 0 Å². The molecular formula is C12H10N4O3S. The third-order valence-electron chi connectivity index (χ3n) is 2.16. The second kappa shape index (κ2) is 6.16. The van der Waals surface area contributed by atoms with Gasteiger partial charge in [0.25, 0.3) is 5.22 Å². The number of nitrogens with zero attached hydrogens (tertiary/aromatic N) is 4. The fourth-order valence-corrected chi connectivity index (χ4v) is 2.09. The zero-order valence-corrected chi connectivity index (χ0v) is 11.6. The van der Waals surface area contributed by atoms with Gasteiger partial charge in [-0.1, -0.05) is 5.10 Å². The van der Waals surface area contributed by atoms with E-state index < -0.39 is 5.97 Å². The summed E-state index contributed by atoms with van der Waals surface area (Å²) in [5.74, 6) is -0.898. The van der Waals surface area contributed by atoms with Crippen molar-refractivity contribution in [2.75, 3.05) is 6.61 Å². The third kappa shape index (κ3) is 3.13. The van der Waals surface area contributed by atoms with Crippen LogP contribution < -0.4 is 0 Å². The minimum Gasteiger partial charge on any atom is -0.459 e. The van der Waals surface area contributed by atoms with E-state index in [1.807, 2.05) is 13.0 Å². The number of carbonyl (C=O) groups is 1. The van der Waals surface area contributed by atoms with Crippen LogP contribution in [-0.2, 0) is 4.74 Å². The number of carbonyl (C=O) groups excluding carboxylic acids is 1. The molecule has 0 spiro atoms. The van der Waals surface area contributed by atoms with Gasteiger partial charge in [-0.3, -0.25) is 0 Å². The molecule has 0 radical (unpaired) electrons. The quantitative estimate of drug-likeness (QED) is 0.787. The Bertz CT molecular complexity index is 678. The second-order valence-electron chi connectivity index (χ2n) is 3.61. The van der Waals surface area contributed by atoms with E-state index in [2.05, 4.69) is 15.2 Å². The lowest BCUT2D eigenvalue weighted by atomic mass is 10.3. The maximum Gasteiger partial charge on any atom is 0.396 e. The zero-order valence-electron chi connectivity index (χ0n) is 10.8. The van der Waals surface area contributed by atoms with E-state index in [4.69, 9.17) is 14.4 Å². The Hall–Kier alpha value is -2.40. The van der Waals surface area contributed by atoms with E-state index in [9.17, 15) is 4.79 Å². The summed E-state index contributed by atoms with van der Waals surface area (Å²) in [5.41, 5.74) is 1.16. The van der Waals surface area contributed by atoms with E-state index >= 15 is 0 Å². The molecule has 0 aliphatic heterocycles. The highest BCUT2D eigenvalue weighted by molar-refractivity contribution is 7.99. The molecule has 7 nitrogen and oxygen atoms in total. The van der Waals surface area contributed by atoms with Crippen molar-refractivity contribution in [1.29, 1.82) is 5.26 Å². The number of aromatic nitrogens is 3. The normalized spacial score (nSPS) is 10.1. The Kier molecular flexibility index (Phi) is 4.32. The molecule has 0 unspecified atom stereocenters. The number of rotatable bonds is 4. The fourth-order valence-electron chi connectivity index (χ4n) is 1.30. The molecule has 0 N–H and O–H groups in total. The highest BCUT2D eigenvalue weighted by Crippen LogP contribution is 2.27. The molecule has 0 atom stereocenters. The van der Waals surface area contributed by atoms with Crippen molar-refractivity contribution in [2.24, 2.45) is 0 Å². The molecule has 2 rings (SSSR count). The molecule has 0 aromatic carbocycles. The molecule has 0 saturated carbocycles. The number of aryl methyl sites for hydroxylation is 1. The summed E-state index contributed by atoms with van der Waals surface area (Å²) in [6.07, 6.45) is 0. The smallest absolute Gasteiger partial charge is 0.396 e. The summed E-state index contributed by atoms with van der Waals surface area (Å²) in [7, 11) is 0. The number of esters is 1. The van der Waals surface area contributed by atoms with Gasteiger partial charge in [-0.05, 0) is 37.7 Å². The number of hydrogen-bond donors (Lipinski definition) is 0. The number of hydrogen-bond acceptors (Lipinski definition) is 8. The molecule has 20 heavy (non-hydrogen) atoms. The van der Waals surface area contributed by atoms with Crippen LogP contribution in [0.5, 0.6) is 0 Å². The summed E-state index contributed by atoms with van der Waals surface area (Å²) in [6, 6.07) is 5.42. The van der Waals surface area contributed by atoms with Crippen LogP contribution in [0.4, 0.5) is 0 Å². The minimum atomic E-state index is -0.676. The van der Waals surface area contributed by atoms with Crippen molar-refractivity contribution in [3.05, 3.63) is 29.3 Å². The first-order valence-corrected chi connectivity index (χ1v) is 6.52. The third-order valence-corrected chi connectivity index (χ3v) is 3.00. The molecule has 2 aromatic heterocycles. The Morgan fingerprint density at radius 1 is 1.50 bits per heavy atom. The molecule has 2 aromatic rings. The first kappa shape index (κ1) is 14.0. The summed E-state index contributed by atoms with van der Waals surface area (Å²) in [5, 5.41) is 16.9. The van der Waals surface area contributed by atoms with Crippen LogP contribution in [-0.4, -0.2) is 27.8 Å². The highest BCUT2D eigenvalue weighted by atomic mass is 32.2. The Morgan fingerprint density at radius 3 is 3.00 bits per heavy atom. The molecule has 0 bridgehead atoms. The highest BCUT2D eigenvalue weighted by Gasteiger charge is 2.18. The van der Waals surface area contributed by atoms with E-state index in [1.165, 1.54) is 0 Å². The van der Waals surface area contributed by atoms with Crippen LogP contribution in [0.2, 0.25) is 0 Å². The largest absolute Gasteiger partial charge is 0.459 e. The van der Waals surface area contributed by atoms with Crippen molar-refractivity contribution in [3.8, 4) is 6.07 Å². The van der Waals surface area contributed by atoms with E-state index in [0.717, 1.165) is 17.5 Å². The van der Waals surface area contributed by atoms with Crippen molar-refractivity contribution in [1.82, 2.24) is 15.2 Å². The first-order chi connectivity index (χ1) is 9.63. The molecule has 0 fully saturated rings. The van der Waals surface area contributed by atoms with Crippen LogP contribution in [0.15, 0.2) is 26.8 Å². The predicted molar refractivity (Wildman–Crippen MR) is 68.1 cm³/mol. The van der Waals surface area contributed by atoms with Crippen molar-refractivity contribution >= 4 is 17.7 Å². The predicted octanol–water partition coefficient (Wildman–Crippen LogP) is 1.97. The lowest BCUT2D eigenvalue weighted by Gasteiger charge is -2.00. The molecule has 0 aliphatic carbocycles. The van der Waals surface area contributed by atoms with Gasteiger partial charge in [-0.15, -0.1) is 5.10 Å². The van der Waals surface area contributed by atoms with Crippen LogP contribution >= 0.6 is 11.8 Å². The zero-order chi connectivity index (χ0) is 14.5. The van der Waals surface area contributed by atoms with Crippen LogP contribution in [0.1, 0.15) is 28.9 Å². The van der Waals surface area contributed by atoms with Crippen LogP contribution in [0, 0.1) is 18.3 Å². The Labute approximate surface area is 119 Å². The second-order valence-corrected chi connectivity index (χ2v) is 4.55. The molecule has 2 heterocycles. The summed E-state index contributed by atoms with van der Waals surface area (Å²) < 4.78 is 9.90. The lowest BCUT2D eigenvalue weighted by Crippen LogP contribution is -2.04. The number of nitriles is 1. The van der Waals surface area contributed by atoms with Gasteiger partial charge >= 0.3 is 11.9 Å². The standard InChI is InChI=1S/C12H10N4O3S/c1-3-18-11(17)9-15-16-12(19-9)20-10-8(6-13)5-4-7(2)14-10/h4-5H,3H2,1-2H3. The Balaban J connectivity index is 2.21. The summed E-state index contributed by atoms with van der Waals surface area (Å²) >= 11 is 1.03. The van der Waals surface area contributed by atoms with Gasteiger partial charge in [-0.25, -0.2) is 9.78 Å². The van der Waals surface area contributed by atoms with Gasteiger partial charge in [0.05, 0.1) is 12.2 Å². The van der Waals surface area contributed by atoms with Gasteiger partial charge in [0.2, 0.25) is 0 Å². The first-order valence-electron chi connectivity index (χ1n) is 5.70. The Morgan fingerprint density at radius 2 is 2.30 bits per heavy atom. The van der Waals surface area contributed by atoms with E-state index in [1.54, 1.807) is 19.1 Å². The molecule has 102 valence electrons. The molecule has 8 heteroatoms. The molecular weight excluding hydrogens is 280 g/mol.